The first kappa shape index (κ1) is 30.1. The maximum Gasteiger partial charge on any atom is 0.416 e. The number of ether oxygens (including phenoxy) is 1. The van der Waals surface area contributed by atoms with Crippen LogP contribution in [-0.2, 0) is 18.9 Å². The summed E-state index contributed by atoms with van der Waals surface area (Å²) >= 11 is 0. The van der Waals surface area contributed by atoms with E-state index in [2.05, 4.69) is 14.9 Å². The van der Waals surface area contributed by atoms with Gasteiger partial charge < -0.3 is 19.4 Å². The summed E-state index contributed by atoms with van der Waals surface area (Å²) in [5.41, 5.74) is -2.22. The molecule has 43 heavy (non-hydrogen) atoms. The van der Waals surface area contributed by atoms with Crippen LogP contribution in [0.4, 0.5) is 37.1 Å². The number of halogens is 6. The number of nitrogens with zero attached hydrogens (tertiary/aromatic N) is 5. The quantitative estimate of drug-likeness (QED) is 0.236. The van der Waals surface area contributed by atoms with E-state index in [1.807, 2.05) is 54.4 Å². The molecule has 1 aromatic heterocycles. The maximum atomic E-state index is 13.4. The van der Waals surface area contributed by atoms with E-state index in [0.29, 0.717) is 42.3 Å². The van der Waals surface area contributed by atoms with Gasteiger partial charge in [0.15, 0.2) is 0 Å². The number of amides is 1. The molecule has 1 saturated heterocycles. The van der Waals surface area contributed by atoms with Gasteiger partial charge in [-0.15, -0.1) is 0 Å². The monoisotopic (exact) mass is 603 g/mol. The Morgan fingerprint density at radius 2 is 1.51 bits per heavy atom. The molecule has 0 saturated carbocycles. The molecule has 1 aliphatic rings. The molecule has 3 aromatic carbocycles. The molecule has 2 heterocycles. The van der Waals surface area contributed by atoms with Crippen LogP contribution in [0.25, 0.3) is 21.9 Å². The lowest BCUT2D eigenvalue weighted by Crippen LogP contribution is -2.45. The molecule has 13 heteroatoms. The molecule has 0 spiro atoms. The highest BCUT2D eigenvalue weighted by molar-refractivity contribution is 5.97. The number of anilines is 1. The van der Waals surface area contributed by atoms with Gasteiger partial charge in [0.2, 0.25) is 11.8 Å². The van der Waals surface area contributed by atoms with E-state index in [-0.39, 0.29) is 17.5 Å². The number of benzene rings is 3. The van der Waals surface area contributed by atoms with Crippen molar-refractivity contribution >= 4 is 22.8 Å². The minimum Gasteiger partial charge on any atom is -0.390 e. The average Bonchev–Trinajstić information content (AvgIpc) is 2.96. The highest BCUT2D eigenvalue weighted by Crippen LogP contribution is 2.37. The van der Waals surface area contributed by atoms with Crippen molar-refractivity contribution in [3.05, 3.63) is 83.6 Å². The predicted octanol–water partition coefficient (Wildman–Crippen LogP) is 6.72. The summed E-state index contributed by atoms with van der Waals surface area (Å²) < 4.78 is 85.8. The maximum absolute atomic E-state index is 13.4. The molecule has 226 valence electrons. The number of rotatable bonds is 5. The van der Waals surface area contributed by atoms with Crippen LogP contribution in [0, 0.1) is 0 Å². The van der Waals surface area contributed by atoms with Crippen molar-refractivity contribution in [2.75, 3.05) is 45.2 Å². The van der Waals surface area contributed by atoms with E-state index >= 15 is 0 Å². The zero-order valence-corrected chi connectivity index (χ0v) is 23.2. The average molecular weight is 604 g/mol. The molecule has 1 amide bonds. The number of aromatic nitrogens is 2. The minimum atomic E-state index is -5.01. The van der Waals surface area contributed by atoms with Gasteiger partial charge in [-0.2, -0.15) is 31.3 Å². The summed E-state index contributed by atoms with van der Waals surface area (Å²) in [6.45, 7) is 2.22. The van der Waals surface area contributed by atoms with Crippen molar-refractivity contribution in [1.29, 1.82) is 0 Å². The number of likely N-dealkylation sites (N-methyl/N-ethyl adjacent to an activating group) is 1. The second-order valence-electron chi connectivity index (χ2n) is 10.3. The van der Waals surface area contributed by atoms with E-state index < -0.39 is 36.1 Å². The Labute approximate surface area is 243 Å². The predicted molar refractivity (Wildman–Crippen MR) is 149 cm³/mol. The zero-order chi connectivity index (χ0) is 30.9. The SMILES string of the molecule is CN1CCN(c2ncc(-c3cccc4ccccc34)c(OC(=O)N(C)Cc3cc(C(F)(F)F)cc(C(F)(F)F)c3)n2)CC1. The zero-order valence-electron chi connectivity index (χ0n) is 23.2. The van der Waals surface area contributed by atoms with Crippen LogP contribution in [0.1, 0.15) is 16.7 Å². The Bertz CT molecular complexity index is 1600. The van der Waals surface area contributed by atoms with Crippen molar-refractivity contribution in [2.45, 2.75) is 18.9 Å². The molecular formula is C30H27F6N5O2. The van der Waals surface area contributed by atoms with Gasteiger partial charge in [-0.1, -0.05) is 42.5 Å². The molecule has 0 atom stereocenters. The summed E-state index contributed by atoms with van der Waals surface area (Å²) in [5.74, 6) is 0.243. The largest absolute Gasteiger partial charge is 0.416 e. The highest BCUT2D eigenvalue weighted by Gasteiger charge is 2.37. The van der Waals surface area contributed by atoms with E-state index in [1.54, 1.807) is 6.20 Å². The Hall–Kier alpha value is -4.39. The van der Waals surface area contributed by atoms with Gasteiger partial charge in [0.25, 0.3) is 0 Å². The number of carbonyl (C=O) groups is 1. The number of fused-ring (bicyclic) bond motifs is 1. The molecule has 1 aliphatic heterocycles. The number of hydrogen-bond acceptors (Lipinski definition) is 6. The minimum absolute atomic E-state index is 0.0407. The molecular weight excluding hydrogens is 576 g/mol. The van der Waals surface area contributed by atoms with Gasteiger partial charge >= 0.3 is 18.4 Å². The van der Waals surface area contributed by atoms with E-state index in [9.17, 15) is 31.1 Å². The summed E-state index contributed by atoms with van der Waals surface area (Å²) in [5, 5.41) is 1.76. The fourth-order valence-electron chi connectivity index (χ4n) is 4.85. The lowest BCUT2D eigenvalue weighted by molar-refractivity contribution is -0.143. The lowest BCUT2D eigenvalue weighted by atomic mass is 10.00. The number of alkyl halides is 6. The Morgan fingerprint density at radius 1 is 0.884 bits per heavy atom. The normalized spacial score (nSPS) is 14.7. The van der Waals surface area contributed by atoms with Crippen LogP contribution >= 0.6 is 0 Å². The Kier molecular flexibility index (Phi) is 8.19. The molecule has 5 rings (SSSR count). The highest BCUT2D eigenvalue weighted by atomic mass is 19.4. The summed E-state index contributed by atoms with van der Waals surface area (Å²) in [6.07, 6.45) is -9.49. The first-order chi connectivity index (χ1) is 20.3. The van der Waals surface area contributed by atoms with Gasteiger partial charge in [-0.25, -0.2) is 9.78 Å². The molecule has 0 N–H and O–H groups in total. The Morgan fingerprint density at radius 3 is 2.16 bits per heavy atom. The van der Waals surface area contributed by atoms with E-state index in [0.717, 1.165) is 28.8 Å². The van der Waals surface area contributed by atoms with Crippen LogP contribution in [0.3, 0.4) is 0 Å². The van der Waals surface area contributed by atoms with E-state index in [1.165, 1.54) is 7.05 Å². The molecule has 0 radical (unpaired) electrons. The third-order valence-corrected chi connectivity index (χ3v) is 7.17. The fraction of sp³-hybridized carbons (Fsp3) is 0.300. The van der Waals surface area contributed by atoms with Crippen LogP contribution in [0.15, 0.2) is 66.9 Å². The van der Waals surface area contributed by atoms with E-state index in [4.69, 9.17) is 4.74 Å². The van der Waals surface area contributed by atoms with Gasteiger partial charge in [0.05, 0.1) is 16.7 Å². The number of carbonyl (C=O) groups excluding carboxylic acids is 1. The molecule has 1 fully saturated rings. The fourth-order valence-corrected chi connectivity index (χ4v) is 4.85. The summed E-state index contributed by atoms with van der Waals surface area (Å²) in [7, 11) is 3.21. The first-order valence-corrected chi connectivity index (χ1v) is 13.3. The molecule has 0 aliphatic carbocycles. The summed E-state index contributed by atoms with van der Waals surface area (Å²) in [6, 6.07) is 14.3. The van der Waals surface area contributed by atoms with Crippen molar-refractivity contribution in [3.8, 4) is 17.0 Å². The molecule has 7 nitrogen and oxygen atoms in total. The second-order valence-corrected chi connectivity index (χ2v) is 10.3. The van der Waals surface area contributed by atoms with Crippen LogP contribution in [0.5, 0.6) is 5.88 Å². The third-order valence-electron chi connectivity index (χ3n) is 7.17. The van der Waals surface area contributed by atoms with Gasteiger partial charge in [-0.3, -0.25) is 0 Å². The number of piperazine rings is 1. The van der Waals surface area contributed by atoms with Gasteiger partial charge in [-0.05, 0) is 47.1 Å². The topological polar surface area (TPSA) is 61.8 Å². The van der Waals surface area contributed by atoms with Crippen molar-refractivity contribution < 1.29 is 35.9 Å². The van der Waals surface area contributed by atoms with Gasteiger partial charge in [0, 0.05) is 46.0 Å². The third kappa shape index (κ3) is 6.82. The molecule has 4 aromatic rings. The van der Waals surface area contributed by atoms with Gasteiger partial charge in [0.1, 0.15) is 0 Å². The molecule has 0 unspecified atom stereocenters. The summed E-state index contributed by atoms with van der Waals surface area (Å²) in [4.78, 5) is 27.3. The lowest BCUT2D eigenvalue weighted by Gasteiger charge is -2.32. The second kappa shape index (κ2) is 11.7. The Balaban J connectivity index is 1.48. The molecule has 0 bridgehead atoms. The van der Waals surface area contributed by atoms with Crippen LogP contribution in [-0.4, -0.2) is 66.1 Å². The van der Waals surface area contributed by atoms with Crippen LogP contribution in [0.2, 0.25) is 0 Å². The van der Waals surface area contributed by atoms with Crippen molar-refractivity contribution in [3.63, 3.8) is 0 Å². The number of hydrogen-bond donors (Lipinski definition) is 0. The van der Waals surface area contributed by atoms with Crippen LogP contribution < -0.4 is 9.64 Å². The smallest absolute Gasteiger partial charge is 0.390 e. The first-order valence-electron chi connectivity index (χ1n) is 13.3. The van der Waals surface area contributed by atoms with Crippen molar-refractivity contribution in [1.82, 2.24) is 19.8 Å². The van der Waals surface area contributed by atoms with Crippen molar-refractivity contribution in [2.24, 2.45) is 0 Å². The standard InChI is InChI=1S/C30H27F6N5O2/c1-39-10-12-41(13-11-39)27-37-17-25(24-9-5-7-20-6-3-4-8-23(20)24)26(38-27)43-28(42)40(2)18-19-14-21(29(31,32)33)16-22(15-19)30(34,35)36/h3-9,14-17H,10-13,18H2,1-2H3.